The number of carbonyl (C=O) groups is 2. The van der Waals surface area contributed by atoms with E-state index >= 15 is 4.39 Å². The highest BCUT2D eigenvalue weighted by Crippen LogP contribution is 2.44. The van der Waals surface area contributed by atoms with Crippen LogP contribution >= 0.6 is 11.6 Å². The average molecular weight is 829 g/mol. The molecule has 0 aliphatic carbocycles. The number of pyridine rings is 1. The van der Waals surface area contributed by atoms with Crippen LogP contribution in [0.15, 0.2) is 24.5 Å². The van der Waals surface area contributed by atoms with Crippen LogP contribution in [0, 0.1) is 31.0 Å². The topological polar surface area (TPSA) is 182 Å². The highest BCUT2D eigenvalue weighted by atomic mass is 35.5. The molecule has 2 fully saturated rings. The molecule has 2 aromatic carbocycles. The Bertz CT molecular complexity index is 2320. The highest BCUT2D eigenvalue weighted by Gasteiger charge is 2.39. The molecule has 3 aromatic heterocycles. The number of aromatic amines is 1. The number of ether oxygens (including phenoxy) is 1. The number of aliphatic carboxylic acids is 2. The average Bonchev–Trinajstić information content (AvgIpc) is 3.89. The predicted molar refractivity (Wildman–Crippen MR) is 193 cm³/mol. The highest BCUT2D eigenvalue weighted by molar-refractivity contribution is 6.35. The van der Waals surface area contributed by atoms with Gasteiger partial charge in [-0.3, -0.25) is 9.78 Å². The first-order valence-corrected chi connectivity index (χ1v) is 17.8. The number of halogens is 8. The number of carboxylic acid groups (broad SMARTS) is 2. The minimum Gasteiger partial charge on any atom is -0.475 e. The van der Waals surface area contributed by atoms with Crippen LogP contribution in [0.3, 0.4) is 0 Å². The summed E-state index contributed by atoms with van der Waals surface area (Å²) < 4.78 is 88.8. The summed E-state index contributed by atoms with van der Waals surface area (Å²) >= 11 is 7.00. The summed E-state index contributed by atoms with van der Waals surface area (Å²) in [6.07, 6.45) is -2.52. The van der Waals surface area contributed by atoms with Gasteiger partial charge in [0.2, 0.25) is 5.88 Å². The van der Waals surface area contributed by atoms with Crippen LogP contribution in [0.5, 0.6) is 5.88 Å². The number of nitrogens with one attached hydrogen (secondary N) is 2. The molecule has 5 heterocycles. The number of piperidine rings is 1. The van der Waals surface area contributed by atoms with Gasteiger partial charge in [0.1, 0.15) is 12.1 Å². The quantitative estimate of drug-likeness (QED) is 0.125. The number of benzene rings is 2. The maximum atomic E-state index is 17.0. The normalized spacial score (nSPS) is 18.8. The summed E-state index contributed by atoms with van der Waals surface area (Å²) in [7, 11) is 2.10. The fourth-order valence-corrected chi connectivity index (χ4v) is 7.24. The first-order valence-electron chi connectivity index (χ1n) is 17.4. The van der Waals surface area contributed by atoms with E-state index in [0.717, 1.165) is 71.7 Å². The van der Waals surface area contributed by atoms with Crippen molar-refractivity contribution in [3.63, 3.8) is 0 Å². The number of likely N-dealkylation sites (tertiary alicyclic amines) is 1. The number of nitrogens with zero attached hydrogens (tertiary/aromatic N) is 6. The molecule has 13 nitrogen and oxygen atoms in total. The van der Waals surface area contributed by atoms with E-state index in [1.165, 1.54) is 0 Å². The molecule has 2 aliphatic heterocycles. The molecule has 7 rings (SSSR count). The van der Waals surface area contributed by atoms with Crippen molar-refractivity contribution in [2.45, 2.75) is 76.4 Å². The van der Waals surface area contributed by atoms with E-state index in [9.17, 15) is 31.6 Å². The van der Waals surface area contributed by atoms with Crippen molar-refractivity contribution < 1.29 is 55.3 Å². The Morgan fingerprint density at radius 3 is 2.30 bits per heavy atom. The van der Waals surface area contributed by atoms with Gasteiger partial charge in [0.05, 0.1) is 52.4 Å². The van der Waals surface area contributed by atoms with Crippen molar-refractivity contribution >= 4 is 56.2 Å². The number of aryl methyl sites for hydroxylation is 1. The Morgan fingerprint density at radius 1 is 1.04 bits per heavy atom. The lowest BCUT2D eigenvalue weighted by molar-refractivity contribution is -0.193. The van der Waals surface area contributed by atoms with Crippen LogP contribution in [0.2, 0.25) is 5.02 Å². The van der Waals surface area contributed by atoms with Crippen molar-refractivity contribution in [3.05, 3.63) is 46.5 Å². The number of aromatic nitrogens is 5. The van der Waals surface area contributed by atoms with E-state index in [1.807, 2.05) is 30.7 Å². The number of hydrogen-bond donors (Lipinski definition) is 4. The van der Waals surface area contributed by atoms with E-state index in [-0.39, 0.29) is 23.6 Å². The SMILES string of the molecule is Cc1cc2[nH]ncc2c(-c2c(Cl)cc3c(nc(OC[C@@H]4CCCN4C)c4cnn([C@H]5CCN[C@H](CC#N)C5)c43)c2F)c1C.O=C(O)C(F)(F)F.O=C(O)C(F)(F)F. The number of rotatable bonds is 6. The lowest BCUT2D eigenvalue weighted by Crippen LogP contribution is -2.38. The molecule has 0 unspecified atom stereocenters. The van der Waals surface area contributed by atoms with Gasteiger partial charge in [-0.25, -0.2) is 19.0 Å². The van der Waals surface area contributed by atoms with Crippen LogP contribution in [0.1, 0.15) is 49.3 Å². The second-order valence-corrected chi connectivity index (χ2v) is 14.0. The zero-order valence-electron chi connectivity index (χ0n) is 30.5. The molecule has 3 atom stereocenters. The summed E-state index contributed by atoms with van der Waals surface area (Å²) in [6, 6.07) is 6.48. The second kappa shape index (κ2) is 17.1. The third kappa shape index (κ3) is 9.32. The smallest absolute Gasteiger partial charge is 0.475 e. The van der Waals surface area contributed by atoms with Crippen molar-refractivity contribution in [2.24, 2.45) is 0 Å². The van der Waals surface area contributed by atoms with Gasteiger partial charge in [-0.2, -0.15) is 41.8 Å². The molecule has 2 saturated heterocycles. The van der Waals surface area contributed by atoms with Crippen LogP contribution in [-0.4, -0.2) is 103 Å². The van der Waals surface area contributed by atoms with Crippen molar-refractivity contribution in [1.82, 2.24) is 35.2 Å². The van der Waals surface area contributed by atoms with Gasteiger partial charge in [0, 0.05) is 34.0 Å². The summed E-state index contributed by atoms with van der Waals surface area (Å²) in [5, 5.41) is 41.5. The van der Waals surface area contributed by atoms with E-state index in [4.69, 9.17) is 46.2 Å². The minimum atomic E-state index is -5.08. The van der Waals surface area contributed by atoms with Crippen molar-refractivity contribution in [3.8, 4) is 23.1 Å². The Labute approximate surface area is 324 Å². The number of carboxylic acids is 2. The predicted octanol–water partition coefficient (Wildman–Crippen LogP) is 7.48. The number of likely N-dealkylation sites (N-methyl/N-ethyl adjacent to an activating group) is 1. The summed E-state index contributed by atoms with van der Waals surface area (Å²) in [6.45, 7) is 6.23. The number of alkyl halides is 6. The molecule has 2 aliphatic rings. The Balaban J connectivity index is 0.000000380. The molecule has 57 heavy (non-hydrogen) atoms. The third-order valence-electron chi connectivity index (χ3n) is 9.92. The van der Waals surface area contributed by atoms with Gasteiger partial charge in [0.15, 0.2) is 5.82 Å². The van der Waals surface area contributed by atoms with E-state index in [0.29, 0.717) is 40.4 Å². The molecule has 0 radical (unpaired) electrons. The molecular formula is C36H36ClF7N8O5. The molecule has 5 aromatic rings. The van der Waals surface area contributed by atoms with Gasteiger partial charge in [-0.15, -0.1) is 0 Å². The van der Waals surface area contributed by atoms with E-state index in [2.05, 4.69) is 33.5 Å². The lowest BCUT2D eigenvalue weighted by atomic mass is 9.92. The van der Waals surface area contributed by atoms with Gasteiger partial charge in [-0.1, -0.05) is 11.6 Å². The molecular weight excluding hydrogens is 793 g/mol. The Kier molecular flexibility index (Phi) is 12.8. The molecule has 306 valence electrons. The Hall–Kier alpha value is -5.26. The molecule has 0 saturated carbocycles. The largest absolute Gasteiger partial charge is 0.490 e. The van der Waals surface area contributed by atoms with Crippen LogP contribution in [-0.2, 0) is 9.59 Å². The van der Waals surface area contributed by atoms with E-state index in [1.54, 1.807) is 12.4 Å². The fraction of sp³-hybridized carbons (Fsp3) is 0.444. The maximum Gasteiger partial charge on any atom is 0.490 e. The molecule has 21 heteroatoms. The van der Waals surface area contributed by atoms with Crippen LogP contribution < -0.4 is 10.1 Å². The van der Waals surface area contributed by atoms with Gasteiger partial charge < -0.3 is 25.2 Å². The second-order valence-electron chi connectivity index (χ2n) is 13.6. The maximum absolute atomic E-state index is 17.0. The molecule has 0 spiro atoms. The fourth-order valence-electron chi connectivity index (χ4n) is 6.95. The van der Waals surface area contributed by atoms with E-state index < -0.39 is 30.1 Å². The first-order chi connectivity index (χ1) is 26.7. The molecule has 0 amide bonds. The zero-order valence-corrected chi connectivity index (χ0v) is 31.3. The van der Waals surface area contributed by atoms with Gasteiger partial charge in [-0.05, 0) is 82.9 Å². The number of nitriles is 1. The molecule has 4 N–H and O–H groups in total. The lowest BCUT2D eigenvalue weighted by Gasteiger charge is -2.30. The minimum absolute atomic E-state index is 0.0302. The first kappa shape index (κ1) is 42.9. The number of hydrogen-bond acceptors (Lipinski definition) is 9. The number of H-pyrrole nitrogens is 1. The van der Waals surface area contributed by atoms with Gasteiger partial charge in [0.25, 0.3) is 0 Å². The van der Waals surface area contributed by atoms with Crippen LogP contribution in [0.4, 0.5) is 30.7 Å². The summed E-state index contributed by atoms with van der Waals surface area (Å²) in [5.41, 5.74) is 4.71. The standard InChI is InChI=1S/C32H34ClFN8O.2C2HF3O2/c1-17-11-26-23(14-37-40-26)27(18(17)2)28-25(33)13-22-30(29(28)34)39-32(43-16-21-5-4-10-41(21)3)24-15-38-42(31(22)24)20-7-9-36-19(12-20)6-8-35;2*3-2(4,5)1(6)7/h11,13-15,19-21,36H,4-7,9-10,12,16H2,1-3H3,(H,37,40);2*(H,6,7)/t19-,20+,21+;;/m1../s1. The van der Waals surface area contributed by atoms with Crippen molar-refractivity contribution in [2.75, 3.05) is 26.7 Å². The van der Waals surface area contributed by atoms with Gasteiger partial charge >= 0.3 is 24.3 Å². The monoisotopic (exact) mass is 828 g/mol. The van der Waals surface area contributed by atoms with Crippen molar-refractivity contribution in [1.29, 1.82) is 5.26 Å². The van der Waals surface area contributed by atoms with Crippen LogP contribution in [0.25, 0.3) is 43.8 Å². The summed E-state index contributed by atoms with van der Waals surface area (Å²) in [5.74, 6) is -5.64. The summed E-state index contributed by atoms with van der Waals surface area (Å²) in [4.78, 5) is 24.9. The number of fused-ring (bicyclic) bond motifs is 4. The zero-order chi connectivity index (χ0) is 42.0. The Morgan fingerprint density at radius 2 is 1.70 bits per heavy atom. The molecule has 0 bridgehead atoms. The third-order valence-corrected chi connectivity index (χ3v) is 10.2.